The Morgan fingerprint density at radius 1 is 0.971 bits per heavy atom. The van der Waals surface area contributed by atoms with E-state index in [1.54, 1.807) is 6.33 Å². The number of nitrogens with one attached hydrogen (secondary N) is 2. The zero-order chi connectivity index (χ0) is 49.6. The molecule has 70 heavy (non-hydrogen) atoms. The molecular weight excluding hydrogens is 893 g/mol. The van der Waals surface area contributed by atoms with Gasteiger partial charge in [-0.15, -0.1) is 5.92 Å². The van der Waals surface area contributed by atoms with Gasteiger partial charge in [0.05, 0.1) is 37.2 Å². The summed E-state index contributed by atoms with van der Waals surface area (Å²) in [6.07, 6.45) is 10.6. The first-order valence-corrected chi connectivity index (χ1v) is 27.1. The minimum Gasteiger partial charge on any atom is -0.481 e. The van der Waals surface area contributed by atoms with Crippen molar-refractivity contribution in [3.63, 3.8) is 0 Å². The summed E-state index contributed by atoms with van der Waals surface area (Å²) in [7, 11) is 0. The predicted molar refractivity (Wildman–Crippen MR) is 258 cm³/mol. The molecule has 1 spiro atoms. The number of aliphatic carboxylic acids is 1. The van der Waals surface area contributed by atoms with Crippen molar-refractivity contribution in [2.24, 2.45) is 79.6 Å². The van der Waals surface area contributed by atoms with E-state index in [4.69, 9.17) is 15.2 Å². The fourth-order valence-corrected chi connectivity index (χ4v) is 18.7. The van der Waals surface area contributed by atoms with Gasteiger partial charge in [-0.3, -0.25) is 9.59 Å². The molecule has 7 fully saturated rings. The molecule has 2 aliphatic heterocycles. The van der Waals surface area contributed by atoms with Crippen LogP contribution in [0.15, 0.2) is 24.2 Å². The number of aromatic nitrogens is 2. The van der Waals surface area contributed by atoms with Crippen LogP contribution in [0, 0.1) is 85.8 Å². The Bertz CT molecular complexity index is 2190. The van der Waals surface area contributed by atoms with Gasteiger partial charge in [0.2, 0.25) is 5.91 Å². The summed E-state index contributed by atoms with van der Waals surface area (Å²) in [5.41, 5.74) is 4.40. The summed E-state index contributed by atoms with van der Waals surface area (Å²) >= 11 is 0. The number of aromatic amines is 1. The van der Waals surface area contributed by atoms with Crippen LogP contribution < -0.4 is 11.1 Å². The lowest BCUT2D eigenvalue weighted by atomic mass is 9.28. The van der Waals surface area contributed by atoms with Crippen LogP contribution in [0.1, 0.15) is 148 Å². The molecule has 20 atom stereocenters. The smallest absolute Gasteiger partial charge is 0.310 e. The number of carbonyl (C=O) groups excluding carboxylic acids is 1. The van der Waals surface area contributed by atoms with E-state index in [-0.39, 0.29) is 79.1 Å². The van der Waals surface area contributed by atoms with E-state index in [0.717, 1.165) is 50.6 Å². The summed E-state index contributed by atoms with van der Waals surface area (Å²) in [6, 6.07) is -0.379. The van der Waals surface area contributed by atoms with Crippen molar-refractivity contribution >= 4 is 11.9 Å². The third-order valence-corrected chi connectivity index (χ3v) is 22.0. The zero-order valence-electron chi connectivity index (χ0n) is 41.7. The molecule has 1 amide bonds. The van der Waals surface area contributed by atoms with Gasteiger partial charge >= 0.3 is 5.97 Å². The standard InChI is InChI=1S/C55H82N4O11/c1-50(28-60)19-20-53(49(67)68)21-22-54-17-8-7-12-32(34-24-41(63)59-43(34)33(13-9-23-56)37-26-57-30-58-37)42-45(65)47(70-48-46(66)44(64)38(62)27-69-48)51(2,29-61)39-16-18-52(54,3)40(15-14-35(54)36(53)25-50)55(39,42)31-10-5-4-6-11-31/h14,26,30-34,36,38-40,42-48,60-62,64-66H,4-6,8-11,13,15-25,27-29,56H2,1-3H3,(H,57,58)(H,59,63)(H,67,68)/t32-,33-,34-,36+,38-,39-,40+,42+,43-,44+,45-,46-,47-,48+,50+,51+,52-,53+,54-,55+/m1/s1. The number of imidazole rings is 1. The highest BCUT2D eigenvalue weighted by Gasteiger charge is 2.77. The van der Waals surface area contributed by atoms with E-state index in [2.05, 4.69) is 47.0 Å². The van der Waals surface area contributed by atoms with Crippen LogP contribution in [-0.2, 0) is 19.1 Å². The maximum Gasteiger partial charge on any atom is 0.310 e. The molecule has 0 radical (unpaired) electrons. The Kier molecular flexibility index (Phi) is 13.6. The molecule has 388 valence electrons. The van der Waals surface area contributed by atoms with E-state index in [1.807, 2.05) is 13.1 Å². The topological polar surface area (TPSA) is 261 Å². The fourth-order valence-electron chi connectivity index (χ4n) is 18.7. The second-order valence-corrected chi connectivity index (χ2v) is 24.9. The van der Waals surface area contributed by atoms with Gasteiger partial charge in [0.15, 0.2) is 6.29 Å². The van der Waals surface area contributed by atoms with Crippen LogP contribution in [0.25, 0.3) is 0 Å². The molecule has 3 heterocycles. The average molecular weight is 975 g/mol. The zero-order valence-corrected chi connectivity index (χ0v) is 41.7. The minimum atomic E-state index is -1.63. The summed E-state index contributed by atoms with van der Waals surface area (Å²) in [6.45, 7) is 6.47. The summed E-state index contributed by atoms with van der Waals surface area (Å²) in [4.78, 5) is 35.7. The van der Waals surface area contributed by atoms with E-state index < -0.39 is 81.7 Å². The van der Waals surface area contributed by atoms with Gasteiger partial charge < -0.3 is 61.3 Å². The number of hydrogen-bond donors (Lipinski definition) is 10. The van der Waals surface area contributed by atoms with Crippen molar-refractivity contribution in [1.29, 1.82) is 0 Å². The molecule has 10 rings (SSSR count). The molecule has 5 saturated carbocycles. The monoisotopic (exact) mass is 975 g/mol. The molecule has 15 heteroatoms. The van der Waals surface area contributed by atoms with E-state index in [0.29, 0.717) is 70.8 Å². The van der Waals surface area contributed by atoms with Gasteiger partial charge in [-0.2, -0.15) is 0 Å². The number of carbonyl (C=O) groups is 2. The lowest BCUT2D eigenvalue weighted by molar-refractivity contribution is -0.353. The number of nitrogens with two attached hydrogens (primary N) is 1. The Morgan fingerprint density at radius 2 is 1.74 bits per heavy atom. The highest BCUT2D eigenvalue weighted by atomic mass is 16.7. The number of allylic oxidation sites excluding steroid dienone is 2. The quantitative estimate of drug-likeness (QED) is 0.0785. The van der Waals surface area contributed by atoms with Crippen LogP contribution in [0.4, 0.5) is 0 Å². The first-order valence-electron chi connectivity index (χ1n) is 27.1. The molecule has 1 aromatic rings. The third kappa shape index (κ3) is 7.40. The van der Waals surface area contributed by atoms with Gasteiger partial charge in [-0.25, -0.2) is 4.98 Å². The molecule has 7 aliphatic carbocycles. The number of hydrogen-bond acceptors (Lipinski definition) is 12. The second kappa shape index (κ2) is 18.8. The molecule has 11 N–H and O–H groups in total. The average Bonchev–Trinajstić information content (AvgIpc) is 4.03. The summed E-state index contributed by atoms with van der Waals surface area (Å²) in [5.74, 6) is 4.74. The lowest BCUT2D eigenvalue weighted by Gasteiger charge is -2.77. The lowest BCUT2D eigenvalue weighted by Crippen LogP contribution is -2.76. The molecule has 2 saturated heterocycles. The first-order chi connectivity index (χ1) is 33.5. The molecular formula is C55H82N4O11. The normalized spacial score (nSPS) is 48.5. The van der Waals surface area contributed by atoms with Crippen molar-refractivity contribution in [1.82, 2.24) is 15.3 Å². The number of aliphatic hydroxyl groups is 6. The third-order valence-electron chi connectivity index (χ3n) is 22.0. The van der Waals surface area contributed by atoms with E-state index in [1.165, 1.54) is 5.57 Å². The van der Waals surface area contributed by atoms with Gasteiger partial charge in [-0.05, 0) is 135 Å². The molecule has 0 unspecified atom stereocenters. The van der Waals surface area contributed by atoms with Crippen LogP contribution >= 0.6 is 0 Å². The van der Waals surface area contributed by atoms with Crippen LogP contribution in [0.2, 0.25) is 0 Å². The van der Waals surface area contributed by atoms with Gasteiger partial charge in [0.25, 0.3) is 0 Å². The number of rotatable bonds is 12. The van der Waals surface area contributed by atoms with Crippen molar-refractivity contribution in [2.75, 3.05) is 26.4 Å². The van der Waals surface area contributed by atoms with Crippen molar-refractivity contribution in [2.45, 2.75) is 185 Å². The molecule has 4 bridgehead atoms. The number of H-pyrrole nitrogens is 1. The summed E-state index contributed by atoms with van der Waals surface area (Å²) in [5, 5.41) is 84.7. The number of carboxylic acid groups (broad SMARTS) is 1. The van der Waals surface area contributed by atoms with Gasteiger partial charge in [-0.1, -0.05) is 57.6 Å². The van der Waals surface area contributed by atoms with Gasteiger partial charge in [0.1, 0.15) is 18.3 Å². The van der Waals surface area contributed by atoms with Crippen molar-refractivity contribution < 1.29 is 54.8 Å². The number of ether oxygens (including phenoxy) is 2. The van der Waals surface area contributed by atoms with Crippen LogP contribution in [0.5, 0.6) is 0 Å². The number of aliphatic hydroxyl groups excluding tert-OH is 6. The molecule has 9 aliphatic rings. The van der Waals surface area contributed by atoms with E-state index >= 15 is 0 Å². The van der Waals surface area contributed by atoms with Crippen LogP contribution in [0.3, 0.4) is 0 Å². The number of carboxylic acids is 1. The number of amides is 1. The first kappa shape index (κ1) is 50.6. The molecule has 15 nitrogen and oxygen atoms in total. The van der Waals surface area contributed by atoms with Crippen molar-refractivity contribution in [3.05, 3.63) is 29.9 Å². The fraction of sp³-hybridized carbons (Fsp3) is 0.836. The van der Waals surface area contributed by atoms with Gasteiger partial charge in [0, 0.05) is 66.5 Å². The number of nitrogens with zero attached hydrogens (tertiary/aromatic N) is 1. The highest BCUT2D eigenvalue weighted by molar-refractivity contribution is 5.79. The number of fused-ring (bicyclic) bond motifs is 2. The molecule has 1 aromatic heterocycles. The SMILES string of the molecule is C[C@]1(CO)CC[C@]2(C(=O)O)CC[C@@]34CCC#C[C@H]([C@H]5CC(=O)N[C@@H]5[C@H](CCCN)c5cnc[nH]5)[C@H]5[C@@H](O)[C@@H](O[C@@H]6OC[C@@H](O)[C@H](O)[C@H]6O)[C@@](C)(CO)[C@H]6CC[C@]3(C)[C@H](CC=C4[C@@H]2C1)[C@@]56C1CCCCC1. The second-order valence-electron chi connectivity index (χ2n) is 24.9. The minimum absolute atomic E-state index is 0.00328. The maximum atomic E-state index is 14.2. The summed E-state index contributed by atoms with van der Waals surface area (Å²) < 4.78 is 12.9. The Hall–Kier alpha value is -2.91. The van der Waals surface area contributed by atoms with Crippen LogP contribution in [-0.4, -0.2) is 127 Å². The highest BCUT2D eigenvalue weighted by Crippen LogP contribution is 2.80. The Labute approximate surface area is 413 Å². The van der Waals surface area contributed by atoms with Crippen molar-refractivity contribution in [3.8, 4) is 11.8 Å². The van der Waals surface area contributed by atoms with E-state index in [9.17, 15) is 45.3 Å². The molecule has 0 aromatic carbocycles. The Morgan fingerprint density at radius 3 is 2.44 bits per heavy atom. The maximum absolute atomic E-state index is 14.2. The predicted octanol–water partition coefficient (Wildman–Crippen LogP) is 4.54. The largest absolute Gasteiger partial charge is 0.481 e. The Balaban J connectivity index is 1.21.